The summed E-state index contributed by atoms with van der Waals surface area (Å²) in [6, 6.07) is 7.61. The molecule has 12 nitrogen and oxygen atoms in total. The fourth-order valence-electron chi connectivity index (χ4n) is 3.41. The van der Waals surface area contributed by atoms with E-state index in [9.17, 15) is 14.0 Å². The van der Waals surface area contributed by atoms with Crippen LogP contribution >= 0.6 is 0 Å². The fraction of sp³-hybridized carbons (Fsp3) is 0.364. The number of aliphatic carboxylic acids is 1. The number of carboxylic acids is 1. The van der Waals surface area contributed by atoms with Crippen molar-refractivity contribution in [3.63, 3.8) is 0 Å². The minimum absolute atomic E-state index is 0.0612. The number of halogens is 1. The molecule has 1 aliphatic rings. The number of tetrazole rings is 1. The van der Waals surface area contributed by atoms with E-state index >= 15 is 0 Å². The molecule has 2 aromatic heterocycles. The first-order valence-corrected chi connectivity index (χ1v) is 10.7. The van der Waals surface area contributed by atoms with Crippen LogP contribution in [0, 0.1) is 12.7 Å². The van der Waals surface area contributed by atoms with Crippen LogP contribution in [0.5, 0.6) is 5.75 Å². The average Bonchev–Trinajstić information content (AvgIpc) is 3.31. The Morgan fingerprint density at radius 3 is 2.80 bits per heavy atom. The van der Waals surface area contributed by atoms with Gasteiger partial charge in [0.05, 0.1) is 26.9 Å². The van der Waals surface area contributed by atoms with E-state index in [-0.39, 0.29) is 43.6 Å². The van der Waals surface area contributed by atoms with Gasteiger partial charge in [0.1, 0.15) is 11.8 Å². The number of hydrogen-bond donors (Lipinski definition) is 2. The molecule has 3 aromatic rings. The topological polar surface area (TPSA) is 151 Å². The zero-order valence-electron chi connectivity index (χ0n) is 19.0. The molecule has 0 radical (unpaired) electrons. The number of aromatic nitrogens is 5. The molecule has 2 atom stereocenters. The highest BCUT2D eigenvalue weighted by molar-refractivity contribution is 5.93. The lowest BCUT2D eigenvalue weighted by molar-refractivity contribution is -0.177. The molecule has 4 rings (SSSR count). The van der Waals surface area contributed by atoms with Crippen LogP contribution in [0.3, 0.4) is 0 Å². The zero-order valence-corrected chi connectivity index (χ0v) is 19.0. The Morgan fingerprint density at radius 2 is 2.09 bits per heavy atom. The Balaban J connectivity index is 1.40. The fourth-order valence-corrected chi connectivity index (χ4v) is 3.41. The van der Waals surface area contributed by atoms with E-state index in [1.54, 1.807) is 25.1 Å². The maximum absolute atomic E-state index is 13.6. The molecular weight excluding hydrogens is 463 g/mol. The Kier molecular flexibility index (Phi) is 7.27. The summed E-state index contributed by atoms with van der Waals surface area (Å²) in [5.41, 5.74) is 1.95. The van der Waals surface area contributed by atoms with Gasteiger partial charge in [0.2, 0.25) is 5.82 Å². The molecule has 3 heterocycles. The van der Waals surface area contributed by atoms with Crippen molar-refractivity contribution in [1.82, 2.24) is 30.5 Å². The van der Waals surface area contributed by atoms with Crippen LogP contribution in [-0.4, -0.2) is 74.7 Å². The summed E-state index contributed by atoms with van der Waals surface area (Å²) in [6.45, 7) is 2.14. The predicted octanol–water partition coefficient (Wildman–Crippen LogP) is 0.990. The van der Waals surface area contributed by atoms with E-state index in [2.05, 4.69) is 25.7 Å². The molecule has 1 aliphatic heterocycles. The number of nitrogens with one attached hydrogen (secondary N) is 1. The summed E-state index contributed by atoms with van der Waals surface area (Å²) in [7, 11) is 1.37. The van der Waals surface area contributed by atoms with Crippen molar-refractivity contribution in [2.75, 3.05) is 20.3 Å². The number of pyridine rings is 1. The second-order valence-electron chi connectivity index (χ2n) is 7.82. The van der Waals surface area contributed by atoms with Crippen molar-refractivity contribution < 1.29 is 33.3 Å². The second-order valence-corrected chi connectivity index (χ2v) is 7.82. The van der Waals surface area contributed by atoms with E-state index in [1.807, 2.05) is 0 Å². The third-order valence-electron chi connectivity index (χ3n) is 5.17. The number of benzene rings is 1. The smallest absolute Gasteiger partial charge is 0.335 e. The number of methoxy groups -OCH3 is 1. The van der Waals surface area contributed by atoms with Gasteiger partial charge in [0.25, 0.3) is 5.91 Å². The quantitative estimate of drug-likeness (QED) is 0.472. The molecule has 1 saturated heterocycles. The second kappa shape index (κ2) is 10.5. The molecule has 0 aliphatic carbocycles. The standard InChI is InChI=1S/C22H23FN6O6/c1-12-5-14(20-26-28-29(27-20)9-15-10-35-19(11-34-15)22(31)32)7-17(25-12)21(30)24-8-13-3-4-16(23)18(6-13)33-2/h3-7,15,19H,8-11H2,1-2H3,(H,24,30)(H,31,32)/t15-,19-/m0/s1. The molecule has 35 heavy (non-hydrogen) atoms. The third kappa shape index (κ3) is 5.94. The summed E-state index contributed by atoms with van der Waals surface area (Å²) in [6.07, 6.45) is -1.40. The minimum Gasteiger partial charge on any atom is -0.494 e. The number of carbonyl (C=O) groups is 2. The van der Waals surface area contributed by atoms with Crippen LogP contribution in [0.2, 0.25) is 0 Å². The number of nitrogens with zero attached hydrogens (tertiary/aromatic N) is 5. The van der Waals surface area contributed by atoms with Crippen LogP contribution in [-0.2, 0) is 27.4 Å². The first-order valence-electron chi connectivity index (χ1n) is 10.7. The van der Waals surface area contributed by atoms with E-state index in [0.29, 0.717) is 16.8 Å². The predicted molar refractivity (Wildman–Crippen MR) is 117 cm³/mol. The molecule has 1 amide bonds. The number of carbonyl (C=O) groups excluding carboxylic acids is 1. The Hall–Kier alpha value is -3.97. The summed E-state index contributed by atoms with van der Waals surface area (Å²) in [4.78, 5) is 29.2. The van der Waals surface area contributed by atoms with Gasteiger partial charge in [-0.15, -0.1) is 10.2 Å². The SMILES string of the molecule is COc1cc(CNC(=O)c2cc(-c3nnn(C[C@H]4CO[C@H](C(=O)O)CO4)n3)cc(C)n2)ccc1F. The number of amides is 1. The molecule has 0 unspecified atom stereocenters. The molecule has 13 heteroatoms. The monoisotopic (exact) mass is 486 g/mol. The van der Waals surface area contributed by atoms with Gasteiger partial charge in [-0.05, 0) is 42.0 Å². The van der Waals surface area contributed by atoms with Crippen LogP contribution in [0.25, 0.3) is 11.4 Å². The van der Waals surface area contributed by atoms with Crippen LogP contribution < -0.4 is 10.1 Å². The third-order valence-corrected chi connectivity index (χ3v) is 5.17. The molecule has 0 spiro atoms. The van der Waals surface area contributed by atoms with Gasteiger partial charge in [0, 0.05) is 17.8 Å². The number of rotatable bonds is 8. The van der Waals surface area contributed by atoms with E-state index in [4.69, 9.17) is 19.3 Å². The lowest BCUT2D eigenvalue weighted by Gasteiger charge is -2.26. The summed E-state index contributed by atoms with van der Waals surface area (Å²) in [5.74, 6) is -1.61. The molecule has 0 bridgehead atoms. The van der Waals surface area contributed by atoms with E-state index < -0.39 is 29.9 Å². The van der Waals surface area contributed by atoms with Crippen molar-refractivity contribution >= 4 is 11.9 Å². The lowest BCUT2D eigenvalue weighted by atomic mass is 10.1. The number of aryl methyl sites for hydroxylation is 1. The van der Waals surface area contributed by atoms with Crippen molar-refractivity contribution in [3.05, 3.63) is 53.1 Å². The van der Waals surface area contributed by atoms with Gasteiger partial charge in [-0.25, -0.2) is 14.2 Å². The highest BCUT2D eigenvalue weighted by Crippen LogP contribution is 2.19. The van der Waals surface area contributed by atoms with Crippen molar-refractivity contribution in [1.29, 1.82) is 0 Å². The maximum atomic E-state index is 13.6. The van der Waals surface area contributed by atoms with Crippen LogP contribution in [0.1, 0.15) is 21.7 Å². The normalized spacial score (nSPS) is 17.7. The average molecular weight is 486 g/mol. The molecule has 2 N–H and O–H groups in total. The van der Waals surface area contributed by atoms with E-state index in [0.717, 1.165) is 0 Å². The largest absolute Gasteiger partial charge is 0.494 e. The van der Waals surface area contributed by atoms with Gasteiger partial charge >= 0.3 is 5.97 Å². The Labute approximate surface area is 199 Å². The Morgan fingerprint density at radius 1 is 1.26 bits per heavy atom. The molecular formula is C22H23FN6O6. The highest BCUT2D eigenvalue weighted by Gasteiger charge is 2.28. The zero-order chi connectivity index (χ0) is 24.9. The van der Waals surface area contributed by atoms with E-state index in [1.165, 1.54) is 24.0 Å². The minimum atomic E-state index is -1.07. The first-order chi connectivity index (χ1) is 16.8. The van der Waals surface area contributed by atoms with Gasteiger partial charge < -0.3 is 24.6 Å². The first kappa shape index (κ1) is 24.2. The molecule has 0 saturated carbocycles. The number of ether oxygens (including phenoxy) is 3. The van der Waals surface area contributed by atoms with Crippen LogP contribution in [0.4, 0.5) is 4.39 Å². The van der Waals surface area contributed by atoms with Gasteiger partial charge in [0.15, 0.2) is 17.7 Å². The maximum Gasteiger partial charge on any atom is 0.335 e. The molecule has 1 fully saturated rings. The number of carboxylic acid groups (broad SMARTS) is 1. The van der Waals surface area contributed by atoms with Gasteiger partial charge in [-0.2, -0.15) is 4.80 Å². The highest BCUT2D eigenvalue weighted by atomic mass is 19.1. The summed E-state index contributed by atoms with van der Waals surface area (Å²) >= 11 is 0. The number of hydrogen-bond acceptors (Lipinski definition) is 9. The van der Waals surface area contributed by atoms with Crippen LogP contribution in [0.15, 0.2) is 30.3 Å². The van der Waals surface area contributed by atoms with Gasteiger partial charge in [-0.3, -0.25) is 4.79 Å². The van der Waals surface area contributed by atoms with Crippen molar-refractivity contribution in [3.8, 4) is 17.1 Å². The van der Waals surface area contributed by atoms with Crippen molar-refractivity contribution in [2.45, 2.75) is 32.2 Å². The Bertz CT molecular complexity index is 1230. The van der Waals surface area contributed by atoms with Gasteiger partial charge in [-0.1, -0.05) is 6.07 Å². The molecule has 1 aromatic carbocycles. The lowest BCUT2D eigenvalue weighted by Crippen LogP contribution is -2.42. The summed E-state index contributed by atoms with van der Waals surface area (Å²) in [5, 5.41) is 24.1. The molecule has 184 valence electrons. The van der Waals surface area contributed by atoms with Crippen molar-refractivity contribution in [2.24, 2.45) is 0 Å². The summed E-state index contributed by atoms with van der Waals surface area (Å²) < 4.78 is 29.3.